The normalized spacial score (nSPS) is 11.9. The minimum absolute atomic E-state index is 0.282. The molecule has 0 radical (unpaired) electrons. The number of nitrogens with zero attached hydrogens (tertiary/aromatic N) is 3. The Morgan fingerprint density at radius 1 is 0.938 bits per heavy atom. The van der Waals surface area contributed by atoms with E-state index in [4.69, 9.17) is 4.74 Å². The number of hydrogen-bond donors (Lipinski definition) is 1. The summed E-state index contributed by atoms with van der Waals surface area (Å²) in [5, 5.41) is 0. The summed E-state index contributed by atoms with van der Waals surface area (Å²) in [6, 6.07) is 14.9. The second kappa shape index (κ2) is 9.00. The Morgan fingerprint density at radius 2 is 1.66 bits per heavy atom. The molecule has 32 heavy (non-hydrogen) atoms. The molecule has 0 saturated carbocycles. The van der Waals surface area contributed by atoms with Gasteiger partial charge in [0.15, 0.2) is 0 Å². The fraction of sp³-hybridized carbons (Fsp3) is 0.250. The Labute approximate surface area is 183 Å². The van der Waals surface area contributed by atoms with Gasteiger partial charge in [-0.25, -0.2) is 9.97 Å². The fourth-order valence-electron chi connectivity index (χ4n) is 3.33. The first kappa shape index (κ1) is 21.8. The van der Waals surface area contributed by atoms with Crippen molar-refractivity contribution in [2.75, 3.05) is 27.2 Å². The van der Waals surface area contributed by atoms with Gasteiger partial charge in [-0.15, -0.1) is 0 Å². The van der Waals surface area contributed by atoms with Crippen LogP contribution in [0.4, 0.5) is 13.2 Å². The van der Waals surface area contributed by atoms with Crippen LogP contribution in [0.2, 0.25) is 0 Å². The maximum absolute atomic E-state index is 12.9. The second-order valence-electron chi connectivity index (χ2n) is 7.78. The molecule has 0 aliphatic carbocycles. The number of benzene rings is 2. The van der Waals surface area contributed by atoms with Crippen molar-refractivity contribution in [3.05, 3.63) is 66.4 Å². The standard InChI is InChI=1S/C24H23F3N4O/c1-31(2)12-3-13-32-22-11-8-18(15-28-22)16-4-6-17(7-5-16)23-29-20-10-9-19(24(25,26)27)14-21(20)30-23/h4-11,14-15H,3,12-13H2,1-2H3,(H,29,30). The third-order valence-corrected chi connectivity index (χ3v) is 5.04. The van der Waals surface area contributed by atoms with Gasteiger partial charge in [0.2, 0.25) is 5.88 Å². The average molecular weight is 440 g/mol. The van der Waals surface area contributed by atoms with Crippen molar-refractivity contribution in [2.24, 2.45) is 0 Å². The van der Waals surface area contributed by atoms with Crippen LogP contribution >= 0.6 is 0 Å². The third-order valence-electron chi connectivity index (χ3n) is 5.04. The van der Waals surface area contributed by atoms with E-state index in [1.165, 1.54) is 6.07 Å². The summed E-state index contributed by atoms with van der Waals surface area (Å²) in [5.74, 6) is 1.11. The molecule has 0 atom stereocenters. The second-order valence-corrected chi connectivity index (χ2v) is 7.78. The van der Waals surface area contributed by atoms with Gasteiger partial charge in [-0.2, -0.15) is 13.2 Å². The zero-order valence-corrected chi connectivity index (χ0v) is 17.8. The number of aromatic amines is 1. The predicted octanol–water partition coefficient (Wildman–Crippen LogP) is 5.64. The molecule has 166 valence electrons. The number of imidazole rings is 1. The molecule has 5 nitrogen and oxygen atoms in total. The number of ether oxygens (including phenoxy) is 1. The topological polar surface area (TPSA) is 54.0 Å². The quantitative estimate of drug-likeness (QED) is 0.378. The molecule has 0 amide bonds. The summed E-state index contributed by atoms with van der Waals surface area (Å²) >= 11 is 0. The van der Waals surface area contributed by atoms with Crippen LogP contribution in [0.1, 0.15) is 12.0 Å². The molecule has 0 unspecified atom stereocenters. The minimum atomic E-state index is -4.39. The monoisotopic (exact) mass is 440 g/mol. The van der Waals surface area contributed by atoms with Crippen molar-refractivity contribution in [3.8, 4) is 28.4 Å². The van der Waals surface area contributed by atoms with Crippen LogP contribution in [0.25, 0.3) is 33.5 Å². The molecule has 0 aliphatic heterocycles. The van der Waals surface area contributed by atoms with Gasteiger partial charge in [-0.3, -0.25) is 0 Å². The van der Waals surface area contributed by atoms with Crippen molar-refractivity contribution < 1.29 is 17.9 Å². The molecule has 2 aromatic carbocycles. The van der Waals surface area contributed by atoms with Crippen LogP contribution in [0.3, 0.4) is 0 Å². The predicted molar refractivity (Wildman–Crippen MR) is 118 cm³/mol. The molecule has 0 spiro atoms. The highest BCUT2D eigenvalue weighted by Crippen LogP contribution is 2.32. The van der Waals surface area contributed by atoms with Crippen LogP contribution in [-0.2, 0) is 6.18 Å². The summed E-state index contributed by atoms with van der Waals surface area (Å²) in [5.41, 5.74) is 2.82. The Morgan fingerprint density at radius 3 is 2.31 bits per heavy atom. The number of halogens is 3. The highest BCUT2D eigenvalue weighted by molar-refractivity contribution is 5.80. The summed E-state index contributed by atoms with van der Waals surface area (Å²) < 4.78 is 44.5. The van der Waals surface area contributed by atoms with Crippen LogP contribution in [-0.4, -0.2) is 47.1 Å². The van der Waals surface area contributed by atoms with Crippen molar-refractivity contribution in [3.63, 3.8) is 0 Å². The summed E-state index contributed by atoms with van der Waals surface area (Å²) in [6.45, 7) is 1.57. The lowest BCUT2D eigenvalue weighted by Gasteiger charge is -2.10. The molecular weight excluding hydrogens is 417 g/mol. The maximum atomic E-state index is 12.9. The van der Waals surface area contributed by atoms with Gasteiger partial charge in [-0.05, 0) is 50.3 Å². The number of aromatic nitrogens is 3. The first-order valence-electron chi connectivity index (χ1n) is 10.2. The molecule has 0 aliphatic rings. The first-order valence-corrected chi connectivity index (χ1v) is 10.2. The lowest BCUT2D eigenvalue weighted by Crippen LogP contribution is -2.15. The number of pyridine rings is 1. The van der Waals surface area contributed by atoms with E-state index < -0.39 is 11.7 Å². The Kier molecular flexibility index (Phi) is 6.14. The molecular formula is C24H23F3N4O. The van der Waals surface area contributed by atoms with Crippen molar-refractivity contribution in [1.29, 1.82) is 0 Å². The van der Waals surface area contributed by atoms with Crippen LogP contribution < -0.4 is 4.74 Å². The molecule has 1 N–H and O–H groups in total. The molecule has 2 aromatic heterocycles. The van der Waals surface area contributed by atoms with Crippen LogP contribution in [0.15, 0.2) is 60.8 Å². The van der Waals surface area contributed by atoms with E-state index >= 15 is 0 Å². The third kappa shape index (κ3) is 5.08. The van der Waals surface area contributed by atoms with Gasteiger partial charge in [0, 0.05) is 29.9 Å². The lowest BCUT2D eigenvalue weighted by molar-refractivity contribution is -0.137. The highest BCUT2D eigenvalue weighted by Gasteiger charge is 2.30. The smallest absolute Gasteiger partial charge is 0.416 e. The van der Waals surface area contributed by atoms with E-state index in [0.29, 0.717) is 23.8 Å². The Hall–Kier alpha value is -3.39. The van der Waals surface area contributed by atoms with Gasteiger partial charge in [0.1, 0.15) is 5.82 Å². The van der Waals surface area contributed by atoms with E-state index in [9.17, 15) is 13.2 Å². The number of H-pyrrole nitrogens is 1. The number of alkyl halides is 3. The van der Waals surface area contributed by atoms with E-state index in [2.05, 4.69) is 19.9 Å². The fourth-order valence-corrected chi connectivity index (χ4v) is 3.33. The maximum Gasteiger partial charge on any atom is 0.416 e. The molecule has 2 heterocycles. The van der Waals surface area contributed by atoms with E-state index in [1.807, 2.05) is 50.5 Å². The summed E-state index contributed by atoms with van der Waals surface area (Å²) in [6.07, 6.45) is -1.71. The summed E-state index contributed by atoms with van der Waals surface area (Å²) in [4.78, 5) is 13.9. The SMILES string of the molecule is CN(C)CCCOc1ccc(-c2ccc(-c3nc4cc(C(F)(F)F)ccc4[nH]3)cc2)cn1. The van der Waals surface area contributed by atoms with Gasteiger partial charge in [0.25, 0.3) is 0 Å². The first-order chi connectivity index (χ1) is 15.3. The van der Waals surface area contributed by atoms with Crippen molar-refractivity contribution >= 4 is 11.0 Å². The largest absolute Gasteiger partial charge is 0.478 e. The van der Waals surface area contributed by atoms with Gasteiger partial charge < -0.3 is 14.6 Å². The number of hydrogen-bond acceptors (Lipinski definition) is 4. The molecule has 4 rings (SSSR count). The van der Waals surface area contributed by atoms with E-state index in [0.717, 1.165) is 41.8 Å². The van der Waals surface area contributed by atoms with Crippen molar-refractivity contribution in [1.82, 2.24) is 19.9 Å². The number of rotatable bonds is 7. The van der Waals surface area contributed by atoms with Crippen LogP contribution in [0, 0.1) is 0 Å². The van der Waals surface area contributed by atoms with Crippen molar-refractivity contribution in [2.45, 2.75) is 12.6 Å². The van der Waals surface area contributed by atoms with E-state index in [-0.39, 0.29) is 5.52 Å². The molecule has 0 bridgehead atoms. The highest BCUT2D eigenvalue weighted by atomic mass is 19.4. The zero-order valence-electron chi connectivity index (χ0n) is 17.8. The molecule has 4 aromatic rings. The molecule has 0 saturated heterocycles. The zero-order chi connectivity index (χ0) is 22.7. The molecule has 0 fully saturated rings. The Bertz CT molecular complexity index is 1180. The average Bonchev–Trinajstić information content (AvgIpc) is 3.20. The number of nitrogens with one attached hydrogen (secondary N) is 1. The summed E-state index contributed by atoms with van der Waals surface area (Å²) in [7, 11) is 4.05. The van der Waals surface area contributed by atoms with E-state index in [1.54, 1.807) is 6.20 Å². The van der Waals surface area contributed by atoms with Gasteiger partial charge in [0.05, 0.1) is 23.2 Å². The van der Waals surface area contributed by atoms with Crippen LogP contribution in [0.5, 0.6) is 5.88 Å². The lowest BCUT2D eigenvalue weighted by atomic mass is 10.1. The minimum Gasteiger partial charge on any atom is -0.478 e. The molecule has 8 heteroatoms. The van der Waals surface area contributed by atoms with Gasteiger partial charge in [-0.1, -0.05) is 24.3 Å². The number of fused-ring (bicyclic) bond motifs is 1. The van der Waals surface area contributed by atoms with Gasteiger partial charge >= 0.3 is 6.18 Å². The Balaban J connectivity index is 1.46.